The summed E-state index contributed by atoms with van der Waals surface area (Å²) in [5, 5.41) is 35.5. The van der Waals surface area contributed by atoms with Crippen molar-refractivity contribution in [2.45, 2.75) is 12.1 Å². The number of benzene rings is 2. The van der Waals surface area contributed by atoms with E-state index in [1.807, 2.05) is 0 Å². The number of nitro benzene ring substituents is 1. The molecule has 1 aromatic heterocycles. The van der Waals surface area contributed by atoms with E-state index >= 15 is 0 Å². The number of aromatic nitrogens is 1. The number of aliphatic hydroxyl groups is 2. The van der Waals surface area contributed by atoms with Gasteiger partial charge in [0.15, 0.2) is 0 Å². The van der Waals surface area contributed by atoms with Crippen molar-refractivity contribution < 1.29 is 15.1 Å². The Morgan fingerprint density at radius 3 is 2.58 bits per heavy atom. The Bertz CT molecular complexity index is 933. The molecule has 1 heterocycles. The van der Waals surface area contributed by atoms with Crippen molar-refractivity contribution in [1.29, 1.82) is 0 Å². The minimum Gasteiger partial charge on any atom is -0.394 e. The van der Waals surface area contributed by atoms with Crippen LogP contribution in [0.1, 0.15) is 11.7 Å². The van der Waals surface area contributed by atoms with Crippen LogP contribution in [0.3, 0.4) is 0 Å². The monoisotopic (exact) mass is 373 g/mol. The first-order valence-corrected chi connectivity index (χ1v) is 8.21. The van der Waals surface area contributed by atoms with E-state index in [2.05, 4.69) is 10.3 Å². The van der Waals surface area contributed by atoms with E-state index in [0.29, 0.717) is 21.8 Å². The first kappa shape index (κ1) is 18.1. The minimum absolute atomic E-state index is 0.0635. The van der Waals surface area contributed by atoms with E-state index in [0.717, 1.165) is 5.39 Å². The minimum atomic E-state index is -1.06. The standard InChI is InChI=1S/C18H16ClN3O4/c19-12-3-6-14-15(7-8-20-16(14)9-12)21-17(10-23)18(24)11-1-4-13(5-2-11)22(25)26/h1-9,17-18,23-24H,10H2,(H,20,21)/t17-,18-/m0/s1. The molecule has 0 saturated carbocycles. The topological polar surface area (TPSA) is 109 Å². The van der Waals surface area contributed by atoms with Crippen LogP contribution < -0.4 is 5.32 Å². The van der Waals surface area contributed by atoms with Gasteiger partial charge in [-0.3, -0.25) is 15.1 Å². The zero-order chi connectivity index (χ0) is 18.7. The van der Waals surface area contributed by atoms with Crippen LogP contribution in [-0.2, 0) is 0 Å². The molecule has 0 spiro atoms. The van der Waals surface area contributed by atoms with Gasteiger partial charge in [0.25, 0.3) is 5.69 Å². The van der Waals surface area contributed by atoms with E-state index in [9.17, 15) is 20.3 Å². The van der Waals surface area contributed by atoms with Crippen molar-refractivity contribution in [1.82, 2.24) is 4.98 Å². The maximum absolute atomic E-state index is 10.7. The van der Waals surface area contributed by atoms with Gasteiger partial charge >= 0.3 is 0 Å². The van der Waals surface area contributed by atoms with Gasteiger partial charge in [0.1, 0.15) is 6.10 Å². The van der Waals surface area contributed by atoms with Gasteiger partial charge in [-0.2, -0.15) is 0 Å². The van der Waals surface area contributed by atoms with E-state index in [1.54, 1.807) is 30.5 Å². The van der Waals surface area contributed by atoms with E-state index < -0.39 is 17.1 Å². The molecule has 3 N–H and O–H groups in total. The quantitative estimate of drug-likeness (QED) is 0.452. The van der Waals surface area contributed by atoms with Gasteiger partial charge in [-0.1, -0.05) is 11.6 Å². The predicted octanol–water partition coefficient (Wildman–Crippen LogP) is 3.30. The lowest BCUT2D eigenvalue weighted by Gasteiger charge is -2.24. The number of hydrogen-bond donors (Lipinski definition) is 3. The molecule has 8 heteroatoms. The average Bonchev–Trinajstić information content (AvgIpc) is 2.65. The lowest BCUT2D eigenvalue weighted by atomic mass is 10.0. The largest absolute Gasteiger partial charge is 0.394 e. The molecule has 0 aliphatic carbocycles. The first-order chi connectivity index (χ1) is 12.5. The lowest BCUT2D eigenvalue weighted by Crippen LogP contribution is -2.31. The van der Waals surface area contributed by atoms with Crippen LogP contribution in [0.15, 0.2) is 54.7 Å². The van der Waals surface area contributed by atoms with Crippen LogP contribution in [0, 0.1) is 10.1 Å². The molecule has 0 unspecified atom stereocenters. The number of anilines is 1. The van der Waals surface area contributed by atoms with E-state index in [4.69, 9.17) is 11.6 Å². The number of nitro groups is 1. The summed E-state index contributed by atoms with van der Waals surface area (Å²) in [4.78, 5) is 14.5. The molecule has 0 radical (unpaired) electrons. The smallest absolute Gasteiger partial charge is 0.269 e. The molecule has 0 saturated heterocycles. The molecule has 0 aliphatic rings. The molecule has 0 bridgehead atoms. The summed E-state index contributed by atoms with van der Waals surface area (Å²) < 4.78 is 0. The molecule has 3 aromatic rings. The summed E-state index contributed by atoms with van der Waals surface area (Å²) >= 11 is 5.98. The normalized spacial score (nSPS) is 13.3. The number of pyridine rings is 1. The number of hydrogen-bond acceptors (Lipinski definition) is 6. The lowest BCUT2D eigenvalue weighted by molar-refractivity contribution is -0.384. The molecule has 26 heavy (non-hydrogen) atoms. The Kier molecular flexibility index (Phi) is 5.32. The van der Waals surface area contributed by atoms with Crippen molar-refractivity contribution >= 4 is 33.9 Å². The number of halogens is 1. The Labute approximate surface area is 154 Å². The van der Waals surface area contributed by atoms with Crippen LogP contribution in [0.5, 0.6) is 0 Å². The highest BCUT2D eigenvalue weighted by molar-refractivity contribution is 6.31. The molecule has 3 rings (SSSR count). The Balaban J connectivity index is 1.86. The zero-order valence-corrected chi connectivity index (χ0v) is 14.3. The number of aliphatic hydroxyl groups excluding tert-OH is 2. The van der Waals surface area contributed by atoms with Crippen LogP contribution in [0.4, 0.5) is 11.4 Å². The predicted molar refractivity (Wildman–Crippen MR) is 99.3 cm³/mol. The van der Waals surface area contributed by atoms with Crippen molar-refractivity contribution in [3.63, 3.8) is 0 Å². The van der Waals surface area contributed by atoms with E-state index in [-0.39, 0.29) is 12.3 Å². The SMILES string of the molecule is O=[N+]([O-])c1ccc([C@H](O)[C@H](CO)Nc2ccnc3cc(Cl)ccc23)cc1. The summed E-state index contributed by atoms with van der Waals surface area (Å²) in [6.07, 6.45) is 0.546. The maximum atomic E-state index is 10.7. The molecule has 2 atom stereocenters. The fourth-order valence-corrected chi connectivity index (χ4v) is 2.86. The fraction of sp³-hybridized carbons (Fsp3) is 0.167. The van der Waals surface area contributed by atoms with Crippen molar-refractivity contribution in [2.24, 2.45) is 0 Å². The Morgan fingerprint density at radius 1 is 1.19 bits per heavy atom. The molecule has 0 aliphatic heterocycles. The maximum Gasteiger partial charge on any atom is 0.269 e. The van der Waals surface area contributed by atoms with Gasteiger partial charge in [-0.15, -0.1) is 0 Å². The summed E-state index contributed by atoms with van der Waals surface area (Å²) in [5.74, 6) is 0. The number of nitrogens with zero attached hydrogens (tertiary/aromatic N) is 2. The molecule has 134 valence electrons. The van der Waals surface area contributed by atoms with Crippen molar-refractivity contribution in [3.8, 4) is 0 Å². The van der Waals surface area contributed by atoms with Gasteiger partial charge < -0.3 is 15.5 Å². The highest BCUT2D eigenvalue weighted by atomic mass is 35.5. The van der Waals surface area contributed by atoms with Gasteiger partial charge in [-0.25, -0.2) is 0 Å². The van der Waals surface area contributed by atoms with Crippen molar-refractivity contribution in [2.75, 3.05) is 11.9 Å². The molecular weight excluding hydrogens is 358 g/mol. The Hall–Kier alpha value is -2.74. The highest BCUT2D eigenvalue weighted by Gasteiger charge is 2.21. The van der Waals surface area contributed by atoms with Crippen molar-refractivity contribution in [3.05, 3.63) is 75.4 Å². The molecule has 7 nitrogen and oxygen atoms in total. The van der Waals surface area contributed by atoms with Gasteiger partial charge in [0.05, 0.1) is 23.1 Å². The summed E-state index contributed by atoms with van der Waals surface area (Å²) in [6, 6.07) is 11.9. The van der Waals surface area contributed by atoms with Crippen LogP contribution in [0.2, 0.25) is 5.02 Å². The second kappa shape index (κ2) is 7.65. The zero-order valence-electron chi connectivity index (χ0n) is 13.5. The number of fused-ring (bicyclic) bond motifs is 1. The summed E-state index contributed by atoms with van der Waals surface area (Å²) in [6.45, 7) is -0.338. The van der Waals surface area contributed by atoms with Crippen LogP contribution in [-0.4, -0.2) is 32.8 Å². The third-order valence-corrected chi connectivity index (χ3v) is 4.30. The third-order valence-electron chi connectivity index (χ3n) is 4.07. The molecular formula is C18H16ClN3O4. The second-order valence-electron chi connectivity index (χ2n) is 5.75. The van der Waals surface area contributed by atoms with Gasteiger partial charge in [-0.05, 0) is 42.0 Å². The summed E-state index contributed by atoms with van der Waals surface area (Å²) in [5.41, 5.74) is 1.77. The van der Waals surface area contributed by atoms with Gasteiger partial charge in [0.2, 0.25) is 0 Å². The summed E-state index contributed by atoms with van der Waals surface area (Å²) in [7, 11) is 0. The number of nitrogens with one attached hydrogen (secondary N) is 1. The average molecular weight is 374 g/mol. The fourth-order valence-electron chi connectivity index (χ4n) is 2.70. The second-order valence-corrected chi connectivity index (χ2v) is 6.18. The highest BCUT2D eigenvalue weighted by Crippen LogP contribution is 2.28. The number of rotatable bonds is 6. The third kappa shape index (κ3) is 3.75. The first-order valence-electron chi connectivity index (χ1n) is 7.83. The van der Waals surface area contributed by atoms with Crippen LogP contribution in [0.25, 0.3) is 10.9 Å². The van der Waals surface area contributed by atoms with Crippen LogP contribution >= 0.6 is 11.6 Å². The molecule has 2 aromatic carbocycles. The molecule has 0 fully saturated rings. The van der Waals surface area contributed by atoms with Gasteiger partial charge in [0, 0.05) is 34.4 Å². The number of non-ortho nitro benzene ring substituents is 1. The van der Waals surface area contributed by atoms with E-state index in [1.165, 1.54) is 24.3 Å². The molecule has 0 amide bonds. The Morgan fingerprint density at radius 2 is 1.92 bits per heavy atom.